The Bertz CT molecular complexity index is 3470. The van der Waals surface area contributed by atoms with Gasteiger partial charge in [0.1, 0.15) is 11.2 Å². The lowest BCUT2D eigenvalue weighted by molar-refractivity contribution is 0.669. The summed E-state index contributed by atoms with van der Waals surface area (Å²) in [6, 6.07) is 62.1. The monoisotopic (exact) mass is 763 g/mol. The van der Waals surface area contributed by atoms with Crippen LogP contribution in [0.1, 0.15) is 0 Å². The van der Waals surface area contributed by atoms with Crippen molar-refractivity contribution in [1.29, 1.82) is 0 Å². The lowest BCUT2D eigenvalue weighted by Crippen LogP contribution is -2.00. The minimum absolute atomic E-state index is 0.601. The van der Waals surface area contributed by atoms with Crippen molar-refractivity contribution in [3.05, 3.63) is 176 Å². The van der Waals surface area contributed by atoms with Crippen LogP contribution in [0.25, 0.3) is 119 Å². The second-order valence-corrected chi connectivity index (χ2v) is 16.5. The van der Waals surface area contributed by atoms with Crippen molar-refractivity contribution in [2.45, 2.75) is 0 Å². The summed E-state index contributed by atoms with van der Waals surface area (Å²) in [7, 11) is 0. The molecule has 0 saturated heterocycles. The van der Waals surface area contributed by atoms with E-state index >= 15 is 0 Å². The van der Waals surface area contributed by atoms with Gasteiger partial charge < -0.3 is 4.42 Å². The van der Waals surface area contributed by atoms with Crippen LogP contribution >= 0.6 is 22.7 Å². The smallest absolute Gasteiger partial charge is 0.164 e. The maximum atomic E-state index is 6.54. The van der Waals surface area contributed by atoms with E-state index in [0.29, 0.717) is 17.5 Å². The highest BCUT2D eigenvalue weighted by Gasteiger charge is 2.19. The van der Waals surface area contributed by atoms with E-state index in [-0.39, 0.29) is 0 Å². The first kappa shape index (κ1) is 32.3. The molecule has 57 heavy (non-hydrogen) atoms. The van der Waals surface area contributed by atoms with Crippen LogP contribution in [0.4, 0.5) is 0 Å². The zero-order chi connectivity index (χ0) is 37.5. The first-order valence-corrected chi connectivity index (χ1v) is 20.6. The van der Waals surface area contributed by atoms with Gasteiger partial charge >= 0.3 is 0 Å². The van der Waals surface area contributed by atoms with E-state index in [1.807, 2.05) is 83.3 Å². The Morgan fingerprint density at radius 3 is 1.65 bits per heavy atom. The summed E-state index contributed by atoms with van der Waals surface area (Å²) in [5.74, 6) is 1.87. The number of aromatic nitrogens is 3. The minimum Gasteiger partial charge on any atom is -0.456 e. The zero-order valence-electron chi connectivity index (χ0n) is 30.3. The van der Waals surface area contributed by atoms with Crippen molar-refractivity contribution in [3.63, 3.8) is 0 Å². The lowest BCUT2D eigenvalue weighted by Gasteiger charge is -2.10. The number of rotatable bonds is 5. The van der Waals surface area contributed by atoms with Gasteiger partial charge in [-0.05, 0) is 70.8 Å². The molecule has 0 N–H and O–H groups in total. The number of fused-ring (bicyclic) bond motifs is 9. The highest BCUT2D eigenvalue weighted by Crippen LogP contribution is 2.47. The second kappa shape index (κ2) is 12.8. The molecule has 266 valence electrons. The number of nitrogens with zero attached hydrogens (tertiary/aromatic N) is 3. The van der Waals surface area contributed by atoms with E-state index in [2.05, 4.69) is 115 Å². The van der Waals surface area contributed by atoms with E-state index in [1.54, 1.807) is 0 Å². The molecule has 0 unspecified atom stereocenters. The van der Waals surface area contributed by atoms with Gasteiger partial charge in [0.2, 0.25) is 0 Å². The summed E-state index contributed by atoms with van der Waals surface area (Å²) in [6.45, 7) is 0. The largest absolute Gasteiger partial charge is 0.456 e. The Labute approximate surface area is 335 Å². The fraction of sp³-hybridized carbons (Fsp3) is 0. The fourth-order valence-corrected chi connectivity index (χ4v) is 10.6. The molecule has 12 aromatic rings. The van der Waals surface area contributed by atoms with Crippen LogP contribution in [0, 0.1) is 0 Å². The van der Waals surface area contributed by atoms with Gasteiger partial charge in [0.05, 0.1) is 0 Å². The van der Waals surface area contributed by atoms with E-state index in [9.17, 15) is 0 Å². The normalized spacial score (nSPS) is 11.9. The molecule has 0 aliphatic heterocycles. The van der Waals surface area contributed by atoms with Gasteiger partial charge in [-0.1, -0.05) is 127 Å². The topological polar surface area (TPSA) is 51.8 Å². The highest BCUT2D eigenvalue weighted by atomic mass is 32.1. The van der Waals surface area contributed by atoms with Crippen LogP contribution in [0.2, 0.25) is 0 Å². The van der Waals surface area contributed by atoms with Gasteiger partial charge in [0.25, 0.3) is 0 Å². The van der Waals surface area contributed by atoms with Gasteiger partial charge in [-0.3, -0.25) is 0 Å². The Morgan fingerprint density at radius 2 is 0.895 bits per heavy atom. The summed E-state index contributed by atoms with van der Waals surface area (Å²) in [5, 5.41) is 7.35. The van der Waals surface area contributed by atoms with Crippen LogP contribution in [0.3, 0.4) is 0 Å². The lowest BCUT2D eigenvalue weighted by atomic mass is 9.93. The number of benzene rings is 8. The van der Waals surface area contributed by atoms with Gasteiger partial charge in [-0.15, -0.1) is 22.7 Å². The molecular formula is C51H29N3OS2. The highest BCUT2D eigenvalue weighted by molar-refractivity contribution is 7.26. The molecule has 0 radical (unpaired) electrons. The maximum absolute atomic E-state index is 6.54. The standard InChI is InChI=1S/C51H29N3OS2/c1-3-11-30(12-4-1)49-52-50(31-13-5-2-6-14-31)54-51(53-49)34-19-22-37-40-27-33(20-25-42(40)55-43(37)29-34)36-24-23-35(47-39-16-8-10-18-45(39)57-48(36)47)32-21-26-46-41(28-32)38-15-7-9-17-44(38)56-46/h1-29H. The molecule has 0 aliphatic rings. The van der Waals surface area contributed by atoms with Crippen LogP contribution in [0.5, 0.6) is 0 Å². The molecule has 12 rings (SSSR count). The van der Waals surface area contributed by atoms with Crippen molar-refractivity contribution >= 4 is 85.0 Å². The molecule has 0 amide bonds. The van der Waals surface area contributed by atoms with Gasteiger partial charge in [-0.2, -0.15) is 0 Å². The Hall–Kier alpha value is -6.99. The van der Waals surface area contributed by atoms with Gasteiger partial charge in [0, 0.05) is 67.8 Å². The van der Waals surface area contributed by atoms with E-state index in [0.717, 1.165) is 44.2 Å². The number of furan rings is 1. The SMILES string of the molecule is c1ccc(-c2nc(-c3ccccc3)nc(-c3ccc4c(c3)oc3ccc(-c5ccc(-c6ccc7sc8ccccc8c7c6)c6c5sc5ccccc56)cc34)n2)cc1. The minimum atomic E-state index is 0.601. The summed E-state index contributed by atoms with van der Waals surface area (Å²) in [4.78, 5) is 14.8. The van der Waals surface area contributed by atoms with Gasteiger partial charge in [-0.25, -0.2) is 15.0 Å². The summed E-state index contributed by atoms with van der Waals surface area (Å²) < 4.78 is 11.8. The molecule has 0 saturated carbocycles. The average Bonchev–Trinajstić information content (AvgIpc) is 3.97. The van der Waals surface area contributed by atoms with Crippen LogP contribution < -0.4 is 0 Å². The van der Waals surface area contributed by atoms with Crippen LogP contribution in [-0.2, 0) is 0 Å². The number of thiophene rings is 2. The molecule has 8 aromatic carbocycles. The summed E-state index contributed by atoms with van der Waals surface area (Å²) >= 11 is 3.73. The first-order chi connectivity index (χ1) is 28.2. The molecule has 4 nitrogen and oxygen atoms in total. The van der Waals surface area contributed by atoms with Crippen molar-refractivity contribution < 1.29 is 4.42 Å². The third-order valence-corrected chi connectivity index (χ3v) is 13.3. The van der Waals surface area contributed by atoms with Crippen LogP contribution in [0.15, 0.2) is 180 Å². The number of hydrogen-bond acceptors (Lipinski definition) is 6. The second-order valence-electron chi connectivity index (χ2n) is 14.3. The molecule has 0 atom stereocenters. The summed E-state index contributed by atoms with van der Waals surface area (Å²) in [6.07, 6.45) is 0. The van der Waals surface area contributed by atoms with E-state index in [1.165, 1.54) is 57.0 Å². The zero-order valence-corrected chi connectivity index (χ0v) is 31.9. The third kappa shape index (κ3) is 5.30. The predicted molar refractivity (Wildman–Crippen MR) is 240 cm³/mol. The molecule has 0 spiro atoms. The molecule has 6 heteroatoms. The quantitative estimate of drug-likeness (QED) is 0.175. The molecule has 0 bridgehead atoms. The average molecular weight is 764 g/mol. The van der Waals surface area contributed by atoms with Crippen molar-refractivity contribution in [2.75, 3.05) is 0 Å². The Morgan fingerprint density at radius 1 is 0.333 bits per heavy atom. The maximum Gasteiger partial charge on any atom is 0.164 e. The van der Waals surface area contributed by atoms with Crippen molar-refractivity contribution in [1.82, 2.24) is 15.0 Å². The van der Waals surface area contributed by atoms with Crippen molar-refractivity contribution in [3.8, 4) is 56.4 Å². The van der Waals surface area contributed by atoms with E-state index in [4.69, 9.17) is 19.4 Å². The number of hydrogen-bond donors (Lipinski definition) is 0. The Balaban J connectivity index is 0.988. The third-order valence-electron chi connectivity index (χ3n) is 11.0. The van der Waals surface area contributed by atoms with Gasteiger partial charge in [0.15, 0.2) is 17.5 Å². The molecule has 0 fully saturated rings. The van der Waals surface area contributed by atoms with E-state index < -0.39 is 0 Å². The predicted octanol–water partition coefficient (Wildman–Crippen LogP) is 14.8. The van der Waals surface area contributed by atoms with Crippen LogP contribution in [-0.4, -0.2) is 15.0 Å². The first-order valence-electron chi connectivity index (χ1n) is 18.9. The fourth-order valence-electron chi connectivity index (χ4n) is 8.21. The molecule has 4 aromatic heterocycles. The van der Waals surface area contributed by atoms with Crippen molar-refractivity contribution in [2.24, 2.45) is 0 Å². The molecular weight excluding hydrogens is 735 g/mol. The Kier molecular flexibility index (Phi) is 7.24. The summed E-state index contributed by atoms with van der Waals surface area (Å²) in [5.41, 5.74) is 9.26. The molecule has 0 aliphatic carbocycles. The molecule has 4 heterocycles.